The average molecular weight is 323 g/mol. The lowest BCUT2D eigenvalue weighted by molar-refractivity contribution is -0.384. The van der Waals surface area contributed by atoms with Crippen LogP contribution in [0.4, 0.5) is 5.69 Å². The fraction of sp³-hybridized carbons (Fsp3) is 0.143. The van der Waals surface area contributed by atoms with E-state index in [-0.39, 0.29) is 5.69 Å². The minimum absolute atomic E-state index is 0.00627. The van der Waals surface area contributed by atoms with Gasteiger partial charge in [-0.3, -0.25) is 10.1 Å². The van der Waals surface area contributed by atoms with E-state index in [1.54, 1.807) is 0 Å². The molecule has 0 heterocycles. The van der Waals surface area contributed by atoms with Gasteiger partial charge in [-0.05, 0) is 43.0 Å². The van der Waals surface area contributed by atoms with Crippen molar-refractivity contribution in [2.45, 2.75) is 6.92 Å². The molecule has 110 valence electrons. The van der Waals surface area contributed by atoms with Crippen LogP contribution in [0.3, 0.4) is 0 Å². The highest BCUT2D eigenvalue weighted by Crippen LogP contribution is 2.47. The number of nitrogens with zero attached hydrogens (tertiary/aromatic N) is 1. The second kappa shape index (κ2) is 6.80. The van der Waals surface area contributed by atoms with Crippen LogP contribution in [0.25, 0.3) is 0 Å². The Morgan fingerprint density at radius 2 is 1.76 bits per heavy atom. The zero-order chi connectivity index (χ0) is 15.3. The van der Waals surface area contributed by atoms with Crippen molar-refractivity contribution >= 4 is 29.3 Å². The quantitative estimate of drug-likeness (QED) is 0.461. The molecule has 0 fully saturated rings. The third kappa shape index (κ3) is 3.88. The Hall–Kier alpha value is -1.75. The van der Waals surface area contributed by atoms with E-state index >= 15 is 0 Å². The van der Waals surface area contributed by atoms with Gasteiger partial charge in [0.15, 0.2) is 0 Å². The van der Waals surface area contributed by atoms with Gasteiger partial charge in [0.05, 0.1) is 11.5 Å². The molecule has 2 aromatic rings. The number of rotatable bonds is 6. The summed E-state index contributed by atoms with van der Waals surface area (Å²) >= 11 is 5.57. The van der Waals surface area contributed by atoms with Gasteiger partial charge in [0.1, 0.15) is 5.75 Å². The van der Waals surface area contributed by atoms with E-state index in [2.05, 4.69) is 0 Å². The van der Waals surface area contributed by atoms with Crippen LogP contribution in [0, 0.1) is 10.1 Å². The molecule has 0 spiro atoms. The fourth-order valence-electron chi connectivity index (χ4n) is 1.70. The molecule has 0 aromatic heterocycles. The van der Waals surface area contributed by atoms with E-state index < -0.39 is 11.4 Å². The van der Waals surface area contributed by atoms with Crippen LogP contribution in [0.15, 0.2) is 54.6 Å². The van der Waals surface area contributed by atoms with E-state index in [9.17, 15) is 10.1 Å². The predicted octanol–water partition coefficient (Wildman–Crippen LogP) is 3.65. The number of benzene rings is 2. The van der Waals surface area contributed by atoms with E-state index in [0.29, 0.717) is 12.4 Å². The molecule has 1 atom stereocenters. The number of hydrogen-bond acceptors (Lipinski definition) is 5. The van der Waals surface area contributed by atoms with Gasteiger partial charge in [-0.25, -0.2) is 0 Å². The van der Waals surface area contributed by atoms with Crippen molar-refractivity contribution in [1.29, 1.82) is 0 Å². The van der Waals surface area contributed by atoms with Crippen LogP contribution in [0.5, 0.6) is 5.75 Å². The van der Waals surface area contributed by atoms with Crippen molar-refractivity contribution in [2.75, 3.05) is 6.61 Å². The number of non-ortho nitro benzene ring substituents is 1. The standard InChI is InChI=1S/C14H14NO4PS/c1-2-18-20(21,14-6-4-3-5-7-14)19-13-10-8-12(9-11-13)15(16)17/h3-11H,2H2,1H3/t20-/m0/s1. The van der Waals surface area contributed by atoms with Gasteiger partial charge in [-0.1, -0.05) is 18.2 Å². The van der Waals surface area contributed by atoms with Crippen LogP contribution in [0.1, 0.15) is 6.92 Å². The number of hydrogen-bond donors (Lipinski definition) is 0. The summed E-state index contributed by atoms with van der Waals surface area (Å²) in [5, 5.41) is 11.5. The first-order chi connectivity index (χ1) is 10.0. The van der Waals surface area contributed by atoms with Gasteiger partial charge in [0, 0.05) is 17.4 Å². The molecule has 2 aromatic carbocycles. The van der Waals surface area contributed by atoms with E-state index in [1.807, 2.05) is 37.3 Å². The van der Waals surface area contributed by atoms with Crippen molar-refractivity contribution in [3.05, 3.63) is 64.7 Å². The SMILES string of the molecule is CCO[P@](=S)(Oc1ccc([N+](=O)[O-])cc1)c1ccccc1. The molecule has 0 bridgehead atoms. The minimum atomic E-state index is -2.67. The van der Waals surface area contributed by atoms with E-state index in [0.717, 1.165) is 5.30 Å². The van der Waals surface area contributed by atoms with Crippen molar-refractivity contribution in [3.63, 3.8) is 0 Å². The van der Waals surface area contributed by atoms with Crippen molar-refractivity contribution < 1.29 is 14.0 Å². The van der Waals surface area contributed by atoms with Crippen LogP contribution < -0.4 is 9.83 Å². The van der Waals surface area contributed by atoms with E-state index in [1.165, 1.54) is 24.3 Å². The Morgan fingerprint density at radius 1 is 1.14 bits per heavy atom. The molecule has 7 heteroatoms. The Labute approximate surface area is 127 Å². The summed E-state index contributed by atoms with van der Waals surface area (Å²) in [7, 11) is 0. The summed E-state index contributed by atoms with van der Waals surface area (Å²) in [6.45, 7) is -0.389. The molecular weight excluding hydrogens is 309 g/mol. The predicted molar refractivity (Wildman–Crippen MR) is 85.7 cm³/mol. The fourth-order valence-corrected chi connectivity index (χ4v) is 4.22. The molecule has 0 saturated heterocycles. The number of nitro groups is 1. The molecule has 0 aliphatic rings. The Balaban J connectivity index is 2.28. The number of nitro benzene ring substituents is 1. The molecule has 5 nitrogen and oxygen atoms in total. The average Bonchev–Trinajstić information content (AvgIpc) is 2.49. The second-order valence-corrected chi connectivity index (χ2v) is 7.49. The first-order valence-electron chi connectivity index (χ1n) is 6.29. The molecule has 0 radical (unpaired) electrons. The largest absolute Gasteiger partial charge is 0.440 e. The zero-order valence-electron chi connectivity index (χ0n) is 11.3. The molecule has 0 unspecified atom stereocenters. The maximum Gasteiger partial charge on any atom is 0.269 e. The summed E-state index contributed by atoms with van der Waals surface area (Å²) in [6.07, 6.45) is 0. The van der Waals surface area contributed by atoms with Crippen LogP contribution in [0.2, 0.25) is 0 Å². The highest BCUT2D eigenvalue weighted by atomic mass is 32.5. The highest BCUT2D eigenvalue weighted by molar-refractivity contribution is 8.13. The molecule has 0 aliphatic heterocycles. The lowest BCUT2D eigenvalue weighted by Crippen LogP contribution is -2.11. The van der Waals surface area contributed by atoms with Crippen molar-refractivity contribution in [1.82, 2.24) is 0 Å². The van der Waals surface area contributed by atoms with Gasteiger partial charge >= 0.3 is 0 Å². The van der Waals surface area contributed by atoms with Crippen LogP contribution in [-0.2, 0) is 16.3 Å². The van der Waals surface area contributed by atoms with E-state index in [4.69, 9.17) is 20.9 Å². The first-order valence-corrected chi connectivity index (χ1v) is 8.93. The zero-order valence-corrected chi connectivity index (χ0v) is 13.0. The monoisotopic (exact) mass is 323 g/mol. The highest BCUT2D eigenvalue weighted by Gasteiger charge is 2.23. The van der Waals surface area contributed by atoms with Crippen LogP contribution in [-0.4, -0.2) is 11.5 Å². The van der Waals surface area contributed by atoms with Gasteiger partial charge in [-0.15, -0.1) is 0 Å². The minimum Gasteiger partial charge on any atom is -0.440 e. The lowest BCUT2D eigenvalue weighted by Gasteiger charge is -2.22. The maximum absolute atomic E-state index is 10.6. The molecule has 0 N–H and O–H groups in total. The molecule has 2 rings (SSSR count). The van der Waals surface area contributed by atoms with Gasteiger partial charge in [-0.2, -0.15) is 0 Å². The summed E-state index contributed by atoms with van der Waals surface area (Å²) in [5.41, 5.74) is 0.00627. The smallest absolute Gasteiger partial charge is 0.269 e. The lowest BCUT2D eigenvalue weighted by atomic mass is 10.3. The van der Waals surface area contributed by atoms with Crippen LogP contribution >= 0.6 is 6.49 Å². The van der Waals surface area contributed by atoms with Gasteiger partial charge in [0.2, 0.25) is 0 Å². The maximum atomic E-state index is 10.6. The topological polar surface area (TPSA) is 61.6 Å². The first kappa shape index (κ1) is 15.6. The normalized spacial score (nSPS) is 13.4. The van der Waals surface area contributed by atoms with Gasteiger partial charge < -0.3 is 9.05 Å². The summed E-state index contributed by atoms with van der Waals surface area (Å²) in [4.78, 5) is 10.2. The summed E-state index contributed by atoms with van der Waals surface area (Å²) < 4.78 is 11.5. The van der Waals surface area contributed by atoms with Crippen molar-refractivity contribution in [3.8, 4) is 5.75 Å². The molecule has 0 amide bonds. The third-order valence-electron chi connectivity index (χ3n) is 2.64. The Morgan fingerprint density at radius 3 is 2.29 bits per heavy atom. The third-order valence-corrected chi connectivity index (χ3v) is 5.80. The molecule has 0 aliphatic carbocycles. The molecule has 21 heavy (non-hydrogen) atoms. The van der Waals surface area contributed by atoms with Crippen molar-refractivity contribution in [2.24, 2.45) is 0 Å². The summed E-state index contributed by atoms with van der Waals surface area (Å²) in [6, 6.07) is 15.2. The summed E-state index contributed by atoms with van der Waals surface area (Å²) in [5.74, 6) is 0.459. The Bertz CT molecular complexity index is 660. The molecular formula is C14H14NO4PS. The molecule has 0 saturated carbocycles. The second-order valence-electron chi connectivity index (χ2n) is 4.09. The Kier molecular flexibility index (Phi) is 5.07. The van der Waals surface area contributed by atoms with Gasteiger partial charge in [0.25, 0.3) is 12.2 Å².